The van der Waals surface area contributed by atoms with Crippen molar-refractivity contribution in [3.05, 3.63) is 0 Å². The number of carboxylic acid groups (broad SMARTS) is 1. The van der Waals surface area contributed by atoms with Crippen LogP contribution in [-0.2, 0) is 4.79 Å². The Bertz CT molecular complexity index is 250. The minimum Gasteiger partial charge on any atom is -0.481 e. The van der Waals surface area contributed by atoms with Crippen molar-refractivity contribution in [3.63, 3.8) is 0 Å². The van der Waals surface area contributed by atoms with E-state index in [0.29, 0.717) is 12.1 Å². The predicted octanol–water partition coefficient (Wildman–Crippen LogP) is 2.41. The SMILES string of the molecule is CCC(NC1CCCC(C(=O)O)C1)C1CC1. The first-order valence-electron chi connectivity index (χ1n) is 6.69. The summed E-state index contributed by atoms with van der Waals surface area (Å²) in [5.41, 5.74) is 0. The molecule has 2 aliphatic rings. The van der Waals surface area contributed by atoms with Crippen LogP contribution in [-0.4, -0.2) is 23.2 Å². The zero-order valence-electron chi connectivity index (χ0n) is 10.1. The van der Waals surface area contributed by atoms with Gasteiger partial charge in [0, 0.05) is 12.1 Å². The molecule has 3 atom stereocenters. The van der Waals surface area contributed by atoms with Crippen molar-refractivity contribution in [1.82, 2.24) is 5.32 Å². The minimum atomic E-state index is -0.606. The maximum atomic E-state index is 11.0. The molecule has 0 amide bonds. The summed E-state index contributed by atoms with van der Waals surface area (Å²) in [5.74, 6) is 0.157. The number of carboxylic acids is 1. The second-order valence-corrected chi connectivity index (χ2v) is 5.42. The van der Waals surface area contributed by atoms with E-state index in [2.05, 4.69) is 12.2 Å². The number of hydrogen-bond donors (Lipinski definition) is 2. The Labute approximate surface area is 97.6 Å². The molecule has 2 fully saturated rings. The van der Waals surface area contributed by atoms with E-state index in [1.54, 1.807) is 0 Å². The van der Waals surface area contributed by atoms with Crippen LogP contribution in [0.2, 0.25) is 0 Å². The van der Waals surface area contributed by atoms with Gasteiger partial charge in [-0.1, -0.05) is 13.3 Å². The summed E-state index contributed by atoms with van der Waals surface area (Å²) in [5, 5.41) is 12.7. The number of hydrogen-bond acceptors (Lipinski definition) is 2. The van der Waals surface area contributed by atoms with Gasteiger partial charge in [0.15, 0.2) is 0 Å². The molecule has 2 saturated carbocycles. The van der Waals surface area contributed by atoms with E-state index >= 15 is 0 Å². The molecule has 2 aliphatic carbocycles. The van der Waals surface area contributed by atoms with Crippen molar-refractivity contribution in [1.29, 1.82) is 0 Å². The molecule has 3 nitrogen and oxygen atoms in total. The highest BCUT2D eigenvalue weighted by Crippen LogP contribution is 2.35. The van der Waals surface area contributed by atoms with Crippen LogP contribution in [0.3, 0.4) is 0 Å². The van der Waals surface area contributed by atoms with Gasteiger partial charge in [0.05, 0.1) is 5.92 Å². The Hall–Kier alpha value is -0.570. The van der Waals surface area contributed by atoms with Crippen molar-refractivity contribution in [3.8, 4) is 0 Å². The average Bonchev–Trinajstić information content (AvgIpc) is 3.10. The number of rotatable bonds is 5. The maximum Gasteiger partial charge on any atom is 0.306 e. The van der Waals surface area contributed by atoms with E-state index < -0.39 is 5.97 Å². The first kappa shape index (κ1) is 11.9. The monoisotopic (exact) mass is 225 g/mol. The van der Waals surface area contributed by atoms with Gasteiger partial charge in [-0.05, 0) is 44.4 Å². The third-order valence-electron chi connectivity index (χ3n) is 4.10. The van der Waals surface area contributed by atoms with Gasteiger partial charge in [-0.3, -0.25) is 4.79 Å². The van der Waals surface area contributed by atoms with E-state index in [0.717, 1.165) is 31.6 Å². The first-order valence-corrected chi connectivity index (χ1v) is 6.69. The lowest BCUT2D eigenvalue weighted by molar-refractivity contribution is -0.143. The molecule has 3 heteroatoms. The van der Waals surface area contributed by atoms with Gasteiger partial charge in [0.1, 0.15) is 0 Å². The molecule has 0 aromatic rings. The Morgan fingerprint density at radius 2 is 2.12 bits per heavy atom. The summed E-state index contributed by atoms with van der Waals surface area (Å²) in [6, 6.07) is 1.08. The minimum absolute atomic E-state index is 0.108. The molecule has 0 aliphatic heterocycles. The first-order chi connectivity index (χ1) is 7.70. The largest absolute Gasteiger partial charge is 0.481 e. The van der Waals surface area contributed by atoms with Gasteiger partial charge in [0.25, 0.3) is 0 Å². The molecule has 3 unspecified atom stereocenters. The molecule has 16 heavy (non-hydrogen) atoms. The quantitative estimate of drug-likeness (QED) is 0.755. The van der Waals surface area contributed by atoms with Gasteiger partial charge < -0.3 is 10.4 Å². The smallest absolute Gasteiger partial charge is 0.306 e. The molecular weight excluding hydrogens is 202 g/mol. The fourth-order valence-corrected chi connectivity index (χ4v) is 2.95. The van der Waals surface area contributed by atoms with Gasteiger partial charge in [-0.15, -0.1) is 0 Å². The fraction of sp³-hybridized carbons (Fsp3) is 0.923. The van der Waals surface area contributed by atoms with Crippen molar-refractivity contribution < 1.29 is 9.90 Å². The van der Waals surface area contributed by atoms with E-state index in [9.17, 15) is 4.79 Å². The molecule has 0 bridgehead atoms. The maximum absolute atomic E-state index is 11.0. The van der Waals surface area contributed by atoms with E-state index in [4.69, 9.17) is 5.11 Å². The number of carbonyl (C=O) groups is 1. The molecule has 0 saturated heterocycles. The summed E-state index contributed by atoms with van der Waals surface area (Å²) < 4.78 is 0. The van der Waals surface area contributed by atoms with Crippen LogP contribution >= 0.6 is 0 Å². The molecule has 2 N–H and O–H groups in total. The lowest BCUT2D eigenvalue weighted by atomic mass is 9.85. The standard InChI is InChI=1S/C13H23NO2/c1-2-12(9-6-7-9)14-11-5-3-4-10(8-11)13(15)16/h9-12,14H,2-8H2,1H3,(H,15,16). The van der Waals surface area contributed by atoms with Gasteiger partial charge in [-0.25, -0.2) is 0 Å². The molecule has 92 valence electrons. The van der Waals surface area contributed by atoms with E-state index in [-0.39, 0.29) is 5.92 Å². The van der Waals surface area contributed by atoms with Crippen LogP contribution < -0.4 is 5.32 Å². The highest BCUT2D eigenvalue weighted by atomic mass is 16.4. The second-order valence-electron chi connectivity index (χ2n) is 5.42. The summed E-state index contributed by atoms with van der Waals surface area (Å²) in [6.45, 7) is 2.23. The summed E-state index contributed by atoms with van der Waals surface area (Å²) in [6.07, 6.45) is 7.83. The number of aliphatic carboxylic acids is 1. The molecule has 0 heterocycles. The number of nitrogens with one attached hydrogen (secondary N) is 1. The Morgan fingerprint density at radius 1 is 1.38 bits per heavy atom. The molecule has 0 radical (unpaired) electrons. The van der Waals surface area contributed by atoms with Crippen molar-refractivity contribution in [2.45, 2.75) is 64.0 Å². The Kier molecular flexibility index (Phi) is 3.85. The normalized spacial score (nSPS) is 32.3. The van der Waals surface area contributed by atoms with Crippen LogP contribution in [0, 0.1) is 11.8 Å². The zero-order valence-corrected chi connectivity index (χ0v) is 10.1. The summed E-state index contributed by atoms with van der Waals surface area (Å²) >= 11 is 0. The highest BCUT2D eigenvalue weighted by molar-refractivity contribution is 5.70. The predicted molar refractivity (Wildman–Crippen MR) is 63.3 cm³/mol. The van der Waals surface area contributed by atoms with Crippen LogP contribution in [0.4, 0.5) is 0 Å². The third-order valence-corrected chi connectivity index (χ3v) is 4.10. The average molecular weight is 225 g/mol. The Morgan fingerprint density at radius 3 is 2.69 bits per heavy atom. The van der Waals surface area contributed by atoms with Crippen LogP contribution in [0.1, 0.15) is 51.9 Å². The highest BCUT2D eigenvalue weighted by Gasteiger charge is 2.33. The van der Waals surface area contributed by atoms with Gasteiger partial charge in [-0.2, -0.15) is 0 Å². The lowest BCUT2D eigenvalue weighted by Gasteiger charge is -2.31. The lowest BCUT2D eigenvalue weighted by Crippen LogP contribution is -2.43. The van der Waals surface area contributed by atoms with Crippen LogP contribution in [0.15, 0.2) is 0 Å². The molecular formula is C13H23NO2. The third kappa shape index (κ3) is 2.97. The van der Waals surface area contributed by atoms with Crippen molar-refractivity contribution in [2.75, 3.05) is 0 Å². The van der Waals surface area contributed by atoms with Crippen LogP contribution in [0.25, 0.3) is 0 Å². The van der Waals surface area contributed by atoms with Crippen molar-refractivity contribution in [2.24, 2.45) is 11.8 Å². The molecule has 2 rings (SSSR count). The second kappa shape index (κ2) is 5.17. The van der Waals surface area contributed by atoms with E-state index in [1.165, 1.54) is 19.3 Å². The van der Waals surface area contributed by atoms with Crippen molar-refractivity contribution >= 4 is 5.97 Å². The van der Waals surface area contributed by atoms with Gasteiger partial charge >= 0.3 is 5.97 Å². The molecule has 0 aromatic carbocycles. The zero-order chi connectivity index (χ0) is 11.5. The van der Waals surface area contributed by atoms with Gasteiger partial charge in [0.2, 0.25) is 0 Å². The topological polar surface area (TPSA) is 49.3 Å². The molecule has 0 spiro atoms. The Balaban J connectivity index is 1.81. The fourth-order valence-electron chi connectivity index (χ4n) is 2.95. The van der Waals surface area contributed by atoms with E-state index in [1.807, 2.05) is 0 Å². The summed E-state index contributed by atoms with van der Waals surface area (Å²) in [4.78, 5) is 11.0. The summed E-state index contributed by atoms with van der Waals surface area (Å²) in [7, 11) is 0. The molecule has 0 aromatic heterocycles. The van der Waals surface area contributed by atoms with Crippen LogP contribution in [0.5, 0.6) is 0 Å².